The Morgan fingerprint density at radius 1 is 1.47 bits per heavy atom. The molecule has 0 saturated heterocycles. The molecule has 1 atom stereocenters. The standard InChI is InChI=1S/C12H14O3/c1-9(10(2)13)12(14)15-8-11-6-4-3-5-7-11/h3-7,10,13H,1,8H2,2H3. The zero-order valence-corrected chi connectivity index (χ0v) is 8.64. The number of aliphatic hydroxyl groups is 1. The highest BCUT2D eigenvalue weighted by Gasteiger charge is 2.13. The van der Waals surface area contributed by atoms with Crippen LogP contribution in [0.2, 0.25) is 0 Å². The fraction of sp³-hybridized carbons (Fsp3) is 0.250. The highest BCUT2D eigenvalue weighted by atomic mass is 16.5. The maximum Gasteiger partial charge on any atom is 0.336 e. The van der Waals surface area contributed by atoms with E-state index in [1.165, 1.54) is 6.92 Å². The first kappa shape index (κ1) is 11.5. The summed E-state index contributed by atoms with van der Waals surface area (Å²) in [5.41, 5.74) is 0.982. The summed E-state index contributed by atoms with van der Waals surface area (Å²) in [6.07, 6.45) is -0.867. The van der Waals surface area contributed by atoms with Crippen LogP contribution < -0.4 is 0 Å². The number of carbonyl (C=O) groups excluding carboxylic acids is 1. The number of aliphatic hydroxyl groups excluding tert-OH is 1. The van der Waals surface area contributed by atoms with Gasteiger partial charge < -0.3 is 9.84 Å². The molecule has 0 heterocycles. The van der Waals surface area contributed by atoms with E-state index in [0.717, 1.165) is 5.56 Å². The molecule has 80 valence electrons. The van der Waals surface area contributed by atoms with Crippen LogP contribution in [0.5, 0.6) is 0 Å². The number of hydrogen-bond acceptors (Lipinski definition) is 3. The predicted octanol–water partition coefficient (Wildman–Crippen LogP) is 1.67. The van der Waals surface area contributed by atoms with Gasteiger partial charge in [-0.2, -0.15) is 0 Å². The van der Waals surface area contributed by atoms with Crippen LogP contribution in [0, 0.1) is 0 Å². The molecule has 0 aliphatic carbocycles. The molecule has 0 bridgehead atoms. The molecule has 0 aliphatic rings. The topological polar surface area (TPSA) is 46.5 Å². The summed E-state index contributed by atoms with van der Waals surface area (Å²) in [6.45, 7) is 5.12. The van der Waals surface area contributed by atoms with E-state index in [1.54, 1.807) is 0 Å². The average Bonchev–Trinajstić information content (AvgIpc) is 2.26. The molecule has 0 saturated carbocycles. The molecule has 0 radical (unpaired) electrons. The van der Waals surface area contributed by atoms with Gasteiger partial charge in [-0.05, 0) is 12.5 Å². The highest BCUT2D eigenvalue weighted by Crippen LogP contribution is 2.05. The first-order valence-corrected chi connectivity index (χ1v) is 4.69. The quantitative estimate of drug-likeness (QED) is 0.602. The smallest absolute Gasteiger partial charge is 0.336 e. The van der Waals surface area contributed by atoms with Gasteiger partial charge in [-0.25, -0.2) is 4.79 Å². The van der Waals surface area contributed by atoms with Gasteiger partial charge in [-0.15, -0.1) is 0 Å². The first-order valence-electron chi connectivity index (χ1n) is 4.69. The lowest BCUT2D eigenvalue weighted by Gasteiger charge is -2.08. The van der Waals surface area contributed by atoms with Crippen LogP contribution in [0.15, 0.2) is 42.5 Å². The van der Waals surface area contributed by atoms with E-state index in [-0.39, 0.29) is 12.2 Å². The number of carbonyl (C=O) groups is 1. The van der Waals surface area contributed by atoms with Gasteiger partial charge in [0.05, 0.1) is 11.7 Å². The van der Waals surface area contributed by atoms with E-state index in [0.29, 0.717) is 0 Å². The third-order valence-electron chi connectivity index (χ3n) is 1.98. The Hall–Kier alpha value is -1.61. The summed E-state index contributed by atoms with van der Waals surface area (Å²) >= 11 is 0. The molecule has 3 nitrogen and oxygen atoms in total. The molecule has 0 amide bonds. The minimum Gasteiger partial charge on any atom is -0.457 e. The molecular formula is C12H14O3. The van der Waals surface area contributed by atoms with Gasteiger partial charge in [-0.1, -0.05) is 36.9 Å². The monoisotopic (exact) mass is 206 g/mol. The van der Waals surface area contributed by atoms with Gasteiger partial charge in [0.2, 0.25) is 0 Å². The van der Waals surface area contributed by atoms with Crippen LogP contribution in [0.1, 0.15) is 12.5 Å². The Morgan fingerprint density at radius 2 is 2.07 bits per heavy atom. The van der Waals surface area contributed by atoms with Crippen molar-refractivity contribution in [3.63, 3.8) is 0 Å². The maximum atomic E-state index is 11.3. The lowest BCUT2D eigenvalue weighted by Crippen LogP contribution is -2.16. The molecule has 1 unspecified atom stereocenters. The van der Waals surface area contributed by atoms with Gasteiger partial charge >= 0.3 is 5.97 Å². The molecule has 1 aromatic carbocycles. The van der Waals surface area contributed by atoms with Crippen LogP contribution in [0.3, 0.4) is 0 Å². The second kappa shape index (κ2) is 5.32. The van der Waals surface area contributed by atoms with Crippen molar-refractivity contribution in [2.45, 2.75) is 19.6 Å². The molecule has 15 heavy (non-hydrogen) atoms. The Balaban J connectivity index is 2.45. The van der Waals surface area contributed by atoms with E-state index in [4.69, 9.17) is 9.84 Å². The van der Waals surface area contributed by atoms with Gasteiger partial charge in [0.25, 0.3) is 0 Å². The van der Waals surface area contributed by atoms with E-state index >= 15 is 0 Å². The van der Waals surface area contributed by atoms with Crippen molar-refractivity contribution in [2.24, 2.45) is 0 Å². The molecule has 0 aliphatic heterocycles. The van der Waals surface area contributed by atoms with E-state index in [2.05, 4.69) is 6.58 Å². The van der Waals surface area contributed by atoms with Crippen molar-refractivity contribution in [3.05, 3.63) is 48.0 Å². The molecule has 0 spiro atoms. The van der Waals surface area contributed by atoms with Crippen molar-refractivity contribution in [1.82, 2.24) is 0 Å². The molecular weight excluding hydrogens is 192 g/mol. The summed E-state index contributed by atoms with van der Waals surface area (Å²) in [5, 5.41) is 9.09. The number of ether oxygens (including phenoxy) is 1. The number of esters is 1. The van der Waals surface area contributed by atoms with Crippen molar-refractivity contribution in [2.75, 3.05) is 0 Å². The molecule has 0 fully saturated rings. The van der Waals surface area contributed by atoms with Crippen LogP contribution in [-0.4, -0.2) is 17.2 Å². The molecule has 1 aromatic rings. The molecule has 1 rings (SSSR count). The first-order chi connectivity index (χ1) is 7.11. The molecule has 1 N–H and O–H groups in total. The lowest BCUT2D eigenvalue weighted by atomic mass is 10.2. The van der Waals surface area contributed by atoms with Gasteiger partial charge in [0, 0.05) is 0 Å². The maximum absolute atomic E-state index is 11.3. The van der Waals surface area contributed by atoms with Gasteiger partial charge in [-0.3, -0.25) is 0 Å². The fourth-order valence-corrected chi connectivity index (χ4v) is 0.986. The molecule has 3 heteroatoms. The Labute approximate surface area is 89.0 Å². The number of rotatable bonds is 4. The highest BCUT2D eigenvalue weighted by molar-refractivity contribution is 5.88. The summed E-state index contributed by atoms with van der Waals surface area (Å²) in [4.78, 5) is 11.3. The van der Waals surface area contributed by atoms with Crippen LogP contribution >= 0.6 is 0 Å². The average molecular weight is 206 g/mol. The third kappa shape index (κ3) is 3.56. The summed E-state index contributed by atoms with van der Waals surface area (Å²) < 4.78 is 4.95. The predicted molar refractivity (Wildman–Crippen MR) is 57.1 cm³/mol. The van der Waals surface area contributed by atoms with Crippen molar-refractivity contribution in [1.29, 1.82) is 0 Å². The Morgan fingerprint density at radius 3 is 2.60 bits per heavy atom. The van der Waals surface area contributed by atoms with Crippen molar-refractivity contribution >= 4 is 5.97 Å². The summed E-state index contributed by atoms with van der Waals surface area (Å²) in [7, 11) is 0. The minimum atomic E-state index is -0.867. The van der Waals surface area contributed by atoms with Gasteiger partial charge in [0.15, 0.2) is 0 Å². The minimum absolute atomic E-state index is 0.0749. The number of hydrogen-bond donors (Lipinski definition) is 1. The van der Waals surface area contributed by atoms with E-state index in [1.807, 2.05) is 30.3 Å². The normalized spacial score (nSPS) is 11.9. The van der Waals surface area contributed by atoms with Crippen molar-refractivity contribution < 1.29 is 14.6 Å². The second-order valence-corrected chi connectivity index (χ2v) is 3.26. The zero-order chi connectivity index (χ0) is 11.3. The Bertz CT molecular complexity index is 341. The lowest BCUT2D eigenvalue weighted by molar-refractivity contribution is -0.141. The van der Waals surface area contributed by atoms with Crippen LogP contribution in [0.4, 0.5) is 0 Å². The number of benzene rings is 1. The summed E-state index contributed by atoms with van der Waals surface area (Å²) in [5.74, 6) is -0.561. The van der Waals surface area contributed by atoms with Crippen LogP contribution in [-0.2, 0) is 16.1 Å². The largest absolute Gasteiger partial charge is 0.457 e. The third-order valence-corrected chi connectivity index (χ3v) is 1.98. The van der Waals surface area contributed by atoms with Gasteiger partial charge in [0.1, 0.15) is 6.61 Å². The fourth-order valence-electron chi connectivity index (χ4n) is 0.986. The van der Waals surface area contributed by atoms with E-state index < -0.39 is 12.1 Å². The van der Waals surface area contributed by atoms with Crippen molar-refractivity contribution in [3.8, 4) is 0 Å². The molecule has 0 aromatic heterocycles. The zero-order valence-electron chi connectivity index (χ0n) is 8.64. The second-order valence-electron chi connectivity index (χ2n) is 3.26. The SMILES string of the molecule is C=C(C(=O)OCc1ccccc1)C(C)O. The van der Waals surface area contributed by atoms with E-state index in [9.17, 15) is 4.79 Å². The summed E-state index contributed by atoms with van der Waals surface area (Å²) in [6, 6.07) is 9.34. The Kier molecular flexibility index (Phi) is 4.06. The van der Waals surface area contributed by atoms with Crippen LogP contribution in [0.25, 0.3) is 0 Å².